The van der Waals surface area contributed by atoms with Crippen molar-refractivity contribution in [1.82, 2.24) is 16.0 Å². The number of benzene rings is 3. The van der Waals surface area contributed by atoms with Crippen LogP contribution in [0.4, 0.5) is 5.69 Å². The van der Waals surface area contributed by atoms with Crippen molar-refractivity contribution < 1.29 is 32.6 Å². The zero-order chi connectivity index (χ0) is 37.0. The third kappa shape index (κ3) is 11.6. The number of hydrogen-bond acceptors (Lipinski definition) is 7. The first-order chi connectivity index (χ1) is 23.6. The van der Waals surface area contributed by atoms with Gasteiger partial charge >= 0.3 is 0 Å². The van der Waals surface area contributed by atoms with Gasteiger partial charge in [-0.2, -0.15) is 0 Å². The molecule has 4 atom stereocenters. The number of nitrogens with zero attached hydrogens (tertiary/aromatic N) is 1. The number of methoxy groups -OCH3 is 1. The quantitative estimate of drug-likeness (QED) is 0.150. The maximum absolute atomic E-state index is 13.7. The van der Waals surface area contributed by atoms with Crippen LogP contribution in [0.15, 0.2) is 78.9 Å². The van der Waals surface area contributed by atoms with Crippen LogP contribution in [0.5, 0.6) is 5.75 Å². The first-order valence-electron chi connectivity index (χ1n) is 16.9. The fraction of sp³-hybridized carbons (Fsp3) is 0.447. The van der Waals surface area contributed by atoms with Crippen LogP contribution in [0.2, 0.25) is 0 Å². The van der Waals surface area contributed by atoms with Gasteiger partial charge in [-0.05, 0) is 54.0 Å². The molecule has 0 saturated carbocycles. The number of rotatable bonds is 18. The number of sulfonamides is 1. The van der Waals surface area contributed by atoms with Crippen LogP contribution in [-0.2, 0) is 31.9 Å². The maximum Gasteiger partial charge on any atom is 0.255 e. The minimum Gasteiger partial charge on any atom is -0.496 e. The Bertz CT molecular complexity index is 1670. The predicted octanol–water partition coefficient (Wildman–Crippen LogP) is 4.65. The van der Waals surface area contributed by atoms with Crippen LogP contribution in [0.25, 0.3) is 0 Å². The Kier molecular flexibility index (Phi) is 14.8. The van der Waals surface area contributed by atoms with Gasteiger partial charge in [0.1, 0.15) is 11.8 Å². The summed E-state index contributed by atoms with van der Waals surface area (Å²) in [4.78, 5) is 40.0. The van der Waals surface area contributed by atoms with E-state index in [0.717, 1.165) is 9.87 Å². The van der Waals surface area contributed by atoms with Crippen LogP contribution in [0.1, 0.15) is 68.9 Å². The number of ether oxygens (including phenoxy) is 1. The van der Waals surface area contributed by atoms with Gasteiger partial charge in [0.15, 0.2) is 0 Å². The van der Waals surface area contributed by atoms with E-state index in [1.807, 2.05) is 64.1 Å². The third-order valence-electron chi connectivity index (χ3n) is 8.51. The molecule has 0 aromatic heterocycles. The van der Waals surface area contributed by atoms with E-state index in [1.165, 1.54) is 26.3 Å². The molecule has 3 rings (SSSR count). The van der Waals surface area contributed by atoms with Gasteiger partial charge in [-0.25, -0.2) is 8.42 Å². The van der Waals surface area contributed by atoms with Crippen molar-refractivity contribution in [1.29, 1.82) is 0 Å². The molecule has 3 aromatic rings. The largest absolute Gasteiger partial charge is 0.496 e. The first-order valence-corrected chi connectivity index (χ1v) is 18.5. The molecule has 0 aliphatic carbocycles. The highest BCUT2D eigenvalue weighted by Crippen LogP contribution is 2.28. The minimum absolute atomic E-state index is 0.0254. The molecule has 0 heterocycles. The van der Waals surface area contributed by atoms with Gasteiger partial charge < -0.3 is 25.8 Å². The van der Waals surface area contributed by atoms with Crippen molar-refractivity contribution in [3.8, 4) is 5.75 Å². The molecule has 0 radical (unpaired) electrons. The normalized spacial score (nSPS) is 14.0. The molecule has 4 N–H and O–H groups in total. The molecule has 0 bridgehead atoms. The number of amides is 3. The van der Waals surface area contributed by atoms with Crippen LogP contribution in [-0.4, -0.2) is 63.6 Å². The molecule has 0 unspecified atom stereocenters. The number of carbonyl (C=O) groups is 3. The van der Waals surface area contributed by atoms with E-state index >= 15 is 0 Å². The van der Waals surface area contributed by atoms with Gasteiger partial charge in [-0.1, -0.05) is 95.3 Å². The molecule has 0 aliphatic heterocycles. The van der Waals surface area contributed by atoms with E-state index < -0.39 is 40.0 Å². The Morgan fingerprint density at radius 2 is 1.42 bits per heavy atom. The molecule has 50 heavy (non-hydrogen) atoms. The highest BCUT2D eigenvalue weighted by atomic mass is 32.2. The zero-order valence-electron chi connectivity index (χ0n) is 30.1. The summed E-state index contributed by atoms with van der Waals surface area (Å²) in [6, 6.07) is 21.3. The van der Waals surface area contributed by atoms with Crippen molar-refractivity contribution in [3.05, 3.63) is 95.6 Å². The summed E-state index contributed by atoms with van der Waals surface area (Å²) in [7, 11) is -0.942. The fourth-order valence-electron chi connectivity index (χ4n) is 5.54. The van der Waals surface area contributed by atoms with Crippen molar-refractivity contribution in [2.75, 3.05) is 18.5 Å². The number of carbonyl (C=O) groups excluding carboxylic acids is 3. The van der Waals surface area contributed by atoms with Crippen LogP contribution in [0.3, 0.4) is 0 Å². The Labute approximate surface area is 296 Å². The molecule has 12 heteroatoms. The Balaban J connectivity index is 1.71. The third-order valence-corrected chi connectivity index (χ3v) is 10.2. The van der Waals surface area contributed by atoms with Gasteiger partial charge in [-0.15, -0.1) is 0 Å². The second-order valence-corrected chi connectivity index (χ2v) is 15.4. The molecule has 272 valence electrons. The molecular weight excluding hydrogens is 657 g/mol. The second kappa shape index (κ2) is 18.5. The Morgan fingerprint density at radius 3 is 1.98 bits per heavy atom. The predicted molar refractivity (Wildman–Crippen MR) is 196 cm³/mol. The lowest BCUT2D eigenvalue weighted by molar-refractivity contribution is -0.132. The van der Waals surface area contributed by atoms with Crippen LogP contribution >= 0.6 is 0 Å². The summed E-state index contributed by atoms with van der Waals surface area (Å²) in [6.45, 7) is 9.61. The van der Waals surface area contributed by atoms with E-state index in [0.29, 0.717) is 18.5 Å². The summed E-state index contributed by atoms with van der Waals surface area (Å²) in [5, 5.41) is 20.0. The average molecular weight is 709 g/mol. The SMILES string of the molecule is COc1ccc(N(C)S(=O)(=O)Cc2ccccc2)cc1C(=O)N[C@@H](CC(C)C)[C@@H](O)C[C@@H](C)C(=O)N[C@H](C(=O)NCc1ccccc1)C(C)C. The summed E-state index contributed by atoms with van der Waals surface area (Å²) in [5.74, 6) is -2.02. The summed E-state index contributed by atoms with van der Waals surface area (Å²) in [5.41, 5.74) is 1.93. The van der Waals surface area contributed by atoms with Gasteiger partial charge in [0.25, 0.3) is 5.91 Å². The summed E-state index contributed by atoms with van der Waals surface area (Å²) >= 11 is 0. The Morgan fingerprint density at radius 1 is 0.820 bits per heavy atom. The molecule has 0 aliphatic rings. The lowest BCUT2D eigenvalue weighted by atomic mass is 9.91. The number of hydrogen-bond donors (Lipinski definition) is 4. The topological polar surface area (TPSA) is 154 Å². The van der Waals surface area contributed by atoms with E-state index in [-0.39, 0.29) is 52.8 Å². The van der Waals surface area contributed by atoms with Crippen molar-refractivity contribution in [2.45, 2.75) is 77.9 Å². The van der Waals surface area contributed by atoms with Crippen molar-refractivity contribution in [3.63, 3.8) is 0 Å². The van der Waals surface area contributed by atoms with Crippen molar-refractivity contribution >= 4 is 33.4 Å². The van der Waals surface area contributed by atoms with Crippen LogP contribution < -0.4 is 25.0 Å². The highest BCUT2D eigenvalue weighted by molar-refractivity contribution is 7.92. The average Bonchev–Trinajstić information content (AvgIpc) is 3.08. The standard InChI is InChI=1S/C38H52N4O7S/c1-25(2)20-32(33(43)21-27(5)36(44)41-35(26(3)4)38(46)39-23-28-14-10-8-11-15-28)40-37(45)31-22-30(18-19-34(31)49-7)42(6)50(47,48)24-29-16-12-9-13-17-29/h8-19,22,25-27,32-33,35,43H,20-21,23-24H2,1-7H3,(H,39,46)(H,40,45)(H,41,44)/t27-,32+,33+,35+/m1/s1. The molecule has 3 aromatic carbocycles. The van der Waals surface area contributed by atoms with E-state index in [1.54, 1.807) is 37.3 Å². The fourth-order valence-corrected chi connectivity index (χ4v) is 6.78. The second-order valence-electron chi connectivity index (χ2n) is 13.4. The van der Waals surface area contributed by atoms with E-state index in [2.05, 4.69) is 16.0 Å². The number of aliphatic hydroxyl groups is 1. The molecule has 3 amide bonds. The maximum atomic E-state index is 13.7. The lowest BCUT2D eigenvalue weighted by Gasteiger charge is -2.29. The van der Waals surface area contributed by atoms with Gasteiger partial charge in [0.2, 0.25) is 21.8 Å². The smallest absolute Gasteiger partial charge is 0.255 e. The monoisotopic (exact) mass is 708 g/mol. The van der Waals surface area contributed by atoms with Crippen LogP contribution in [0, 0.1) is 17.8 Å². The summed E-state index contributed by atoms with van der Waals surface area (Å²) in [6.07, 6.45) is -0.669. The number of nitrogens with one attached hydrogen (secondary N) is 3. The minimum atomic E-state index is -3.78. The highest BCUT2D eigenvalue weighted by Gasteiger charge is 2.31. The molecule has 0 spiro atoms. The molecule has 0 saturated heterocycles. The van der Waals surface area contributed by atoms with Gasteiger partial charge in [-0.3, -0.25) is 18.7 Å². The Hall–Kier alpha value is -4.42. The molecule has 11 nitrogen and oxygen atoms in total. The summed E-state index contributed by atoms with van der Waals surface area (Å²) < 4.78 is 33.0. The number of aliphatic hydroxyl groups excluding tert-OH is 1. The van der Waals surface area contributed by atoms with E-state index in [4.69, 9.17) is 4.74 Å². The number of anilines is 1. The van der Waals surface area contributed by atoms with Gasteiger partial charge in [0, 0.05) is 19.5 Å². The molecule has 0 fully saturated rings. The van der Waals surface area contributed by atoms with Gasteiger partial charge in [0.05, 0.1) is 36.3 Å². The lowest BCUT2D eigenvalue weighted by Crippen LogP contribution is -2.51. The zero-order valence-corrected chi connectivity index (χ0v) is 30.9. The molecular formula is C38H52N4O7S. The first kappa shape index (κ1) is 40.0. The van der Waals surface area contributed by atoms with E-state index in [9.17, 15) is 27.9 Å². The van der Waals surface area contributed by atoms with Crippen molar-refractivity contribution in [2.24, 2.45) is 17.8 Å².